The topological polar surface area (TPSA) is 57.2 Å². The van der Waals surface area contributed by atoms with Gasteiger partial charge in [0.1, 0.15) is 16.5 Å². The third-order valence-corrected chi connectivity index (χ3v) is 5.57. The molecular formula is C12H12BrF5O3S2. The SMILES string of the molecule is Cc1ccc([S+](C)CC(Br)=C(F)F)cc1.O=S(=O)([O-])C(F)(F)F. The Morgan fingerprint density at radius 2 is 1.61 bits per heavy atom. The quantitative estimate of drug-likeness (QED) is 0.305. The first-order valence-electron chi connectivity index (χ1n) is 5.66. The number of benzene rings is 1. The summed E-state index contributed by atoms with van der Waals surface area (Å²) >= 11 is 2.89. The van der Waals surface area contributed by atoms with Crippen LogP contribution in [0.5, 0.6) is 0 Å². The Morgan fingerprint density at radius 1 is 1.22 bits per heavy atom. The summed E-state index contributed by atoms with van der Waals surface area (Å²) in [6, 6.07) is 7.99. The molecule has 0 amide bonds. The molecule has 0 aliphatic rings. The van der Waals surface area contributed by atoms with Gasteiger partial charge in [-0.2, -0.15) is 22.0 Å². The summed E-state index contributed by atoms with van der Waals surface area (Å²) in [4.78, 5) is 1.11. The minimum absolute atomic E-state index is 0.00825. The Balaban J connectivity index is 0.000000515. The van der Waals surface area contributed by atoms with Gasteiger partial charge in [0.15, 0.2) is 15.0 Å². The Hall–Kier alpha value is -0.650. The normalized spacial score (nSPS) is 12.9. The van der Waals surface area contributed by atoms with E-state index in [-0.39, 0.29) is 15.4 Å². The highest BCUT2D eigenvalue weighted by atomic mass is 79.9. The molecule has 1 unspecified atom stereocenters. The van der Waals surface area contributed by atoms with E-state index < -0.39 is 21.7 Å². The van der Waals surface area contributed by atoms with Crippen LogP contribution in [0.1, 0.15) is 5.56 Å². The van der Waals surface area contributed by atoms with Crippen LogP contribution in [-0.2, 0) is 21.0 Å². The number of aryl methyl sites for hydroxylation is 1. The predicted molar refractivity (Wildman–Crippen MR) is 81.5 cm³/mol. The van der Waals surface area contributed by atoms with E-state index in [4.69, 9.17) is 13.0 Å². The van der Waals surface area contributed by atoms with Crippen molar-refractivity contribution >= 4 is 36.9 Å². The van der Waals surface area contributed by atoms with Crippen molar-refractivity contribution in [3.8, 4) is 0 Å². The average molecular weight is 443 g/mol. The molecule has 3 nitrogen and oxygen atoms in total. The van der Waals surface area contributed by atoms with Crippen LogP contribution >= 0.6 is 15.9 Å². The smallest absolute Gasteiger partial charge is 0.485 e. The van der Waals surface area contributed by atoms with E-state index in [9.17, 15) is 22.0 Å². The number of hydrogen-bond donors (Lipinski definition) is 0. The van der Waals surface area contributed by atoms with Gasteiger partial charge in [0.05, 0.1) is 0 Å². The van der Waals surface area contributed by atoms with Crippen molar-refractivity contribution in [1.82, 2.24) is 0 Å². The number of halogens is 6. The van der Waals surface area contributed by atoms with Crippen LogP contribution in [0.2, 0.25) is 0 Å². The first kappa shape index (κ1) is 22.4. The molecule has 0 aromatic heterocycles. The number of alkyl halides is 3. The molecule has 0 N–H and O–H groups in total. The fraction of sp³-hybridized carbons (Fsp3) is 0.333. The highest BCUT2D eigenvalue weighted by Gasteiger charge is 2.36. The second kappa shape index (κ2) is 9.00. The summed E-state index contributed by atoms with van der Waals surface area (Å²) in [5, 5.41) is 0. The molecule has 0 heterocycles. The molecule has 1 aromatic rings. The van der Waals surface area contributed by atoms with Crippen LogP contribution < -0.4 is 0 Å². The van der Waals surface area contributed by atoms with Crippen molar-refractivity contribution in [3.63, 3.8) is 0 Å². The monoisotopic (exact) mass is 442 g/mol. The predicted octanol–water partition coefficient (Wildman–Crippen LogP) is 4.16. The van der Waals surface area contributed by atoms with Crippen molar-refractivity contribution in [2.75, 3.05) is 12.0 Å². The van der Waals surface area contributed by atoms with Crippen molar-refractivity contribution < 1.29 is 34.9 Å². The van der Waals surface area contributed by atoms with Gasteiger partial charge in [-0.15, -0.1) is 0 Å². The van der Waals surface area contributed by atoms with Gasteiger partial charge in [0.25, 0.3) is 6.08 Å². The van der Waals surface area contributed by atoms with E-state index in [1.807, 2.05) is 37.4 Å². The van der Waals surface area contributed by atoms with Crippen LogP contribution in [-0.4, -0.2) is 30.5 Å². The molecule has 0 aliphatic heterocycles. The van der Waals surface area contributed by atoms with Crippen molar-refractivity contribution in [2.45, 2.75) is 17.3 Å². The average Bonchev–Trinajstić information content (AvgIpc) is 2.37. The van der Waals surface area contributed by atoms with Crippen molar-refractivity contribution in [1.29, 1.82) is 0 Å². The van der Waals surface area contributed by atoms with Crippen molar-refractivity contribution in [2.24, 2.45) is 0 Å². The van der Waals surface area contributed by atoms with Gasteiger partial charge in [-0.1, -0.05) is 17.7 Å². The van der Waals surface area contributed by atoms with E-state index >= 15 is 0 Å². The summed E-state index contributed by atoms with van der Waals surface area (Å²) in [7, 11) is -6.27. The van der Waals surface area contributed by atoms with Gasteiger partial charge < -0.3 is 4.55 Å². The second-order valence-corrected chi connectivity index (χ2v) is 8.52. The minimum atomic E-state index is -6.09. The summed E-state index contributed by atoms with van der Waals surface area (Å²) in [6.07, 6.45) is 0.343. The molecule has 1 aromatic carbocycles. The molecule has 0 spiro atoms. The van der Waals surface area contributed by atoms with E-state index in [1.165, 1.54) is 5.56 Å². The summed E-state index contributed by atoms with van der Waals surface area (Å²) in [5.41, 5.74) is -4.46. The maximum Gasteiger partial charge on any atom is 0.485 e. The van der Waals surface area contributed by atoms with E-state index in [2.05, 4.69) is 15.9 Å². The third-order valence-electron chi connectivity index (χ3n) is 2.26. The van der Waals surface area contributed by atoms with Crippen LogP contribution in [0, 0.1) is 6.92 Å². The Kier molecular flexibility index (Phi) is 8.74. The van der Waals surface area contributed by atoms with E-state index in [0.29, 0.717) is 5.75 Å². The molecule has 23 heavy (non-hydrogen) atoms. The molecule has 0 aliphatic carbocycles. The maximum atomic E-state index is 12.2. The van der Waals surface area contributed by atoms with Gasteiger partial charge in [-0.25, -0.2) is 8.42 Å². The van der Waals surface area contributed by atoms with Gasteiger partial charge in [-0.05, 0) is 35.0 Å². The lowest BCUT2D eigenvalue weighted by molar-refractivity contribution is -0.0517. The molecule has 1 rings (SSSR count). The van der Waals surface area contributed by atoms with Crippen LogP contribution in [0.15, 0.2) is 39.7 Å². The zero-order valence-electron chi connectivity index (χ0n) is 11.8. The van der Waals surface area contributed by atoms with Gasteiger partial charge in [0.2, 0.25) is 0 Å². The fourth-order valence-corrected chi connectivity index (χ4v) is 3.39. The van der Waals surface area contributed by atoms with E-state index in [1.54, 1.807) is 0 Å². The molecule has 0 bridgehead atoms. The van der Waals surface area contributed by atoms with Crippen LogP contribution in [0.3, 0.4) is 0 Å². The molecule has 0 saturated heterocycles. The first-order valence-corrected chi connectivity index (χ1v) is 9.67. The standard InChI is InChI=1S/C11H12BrF2S.CHF3O3S/c1-8-3-5-9(6-4-8)15(2)7-10(12)11(13)14;2-1(3,4)8(5,6)7/h3-6H,7H2,1-2H3;(H,5,6,7)/q+1;/p-1. The molecule has 0 radical (unpaired) electrons. The fourth-order valence-electron chi connectivity index (χ4n) is 1.10. The molecule has 1 atom stereocenters. The van der Waals surface area contributed by atoms with Crippen LogP contribution in [0.4, 0.5) is 22.0 Å². The largest absolute Gasteiger partial charge is 0.741 e. The first-order chi connectivity index (χ1) is 10.3. The summed E-state index contributed by atoms with van der Waals surface area (Å²) in [6.45, 7) is 2.01. The number of hydrogen-bond acceptors (Lipinski definition) is 3. The Labute approximate surface area is 141 Å². The molecule has 11 heteroatoms. The molecule has 132 valence electrons. The van der Waals surface area contributed by atoms with Gasteiger partial charge in [-0.3, -0.25) is 0 Å². The summed E-state index contributed by atoms with van der Waals surface area (Å²) < 4.78 is 83.3. The van der Waals surface area contributed by atoms with E-state index in [0.717, 1.165) is 4.90 Å². The van der Waals surface area contributed by atoms with Gasteiger partial charge >= 0.3 is 5.51 Å². The third kappa shape index (κ3) is 8.68. The Morgan fingerprint density at radius 3 is 1.91 bits per heavy atom. The van der Waals surface area contributed by atoms with Gasteiger partial charge in [0, 0.05) is 10.9 Å². The highest BCUT2D eigenvalue weighted by Crippen LogP contribution is 2.22. The zero-order valence-corrected chi connectivity index (χ0v) is 15.0. The maximum absolute atomic E-state index is 12.2. The summed E-state index contributed by atoms with van der Waals surface area (Å²) in [5.74, 6) is 0.366. The molecule has 0 fully saturated rings. The highest BCUT2D eigenvalue weighted by molar-refractivity contribution is 9.11. The Bertz CT molecular complexity index is 638. The molecule has 0 saturated carbocycles. The number of rotatable bonds is 3. The van der Waals surface area contributed by atoms with Crippen molar-refractivity contribution in [3.05, 3.63) is 40.4 Å². The molecular weight excluding hydrogens is 431 g/mol. The lowest BCUT2D eigenvalue weighted by Gasteiger charge is -2.08. The second-order valence-electron chi connectivity index (χ2n) is 4.16. The lowest BCUT2D eigenvalue weighted by atomic mass is 10.2. The minimum Gasteiger partial charge on any atom is -0.741 e. The zero-order chi connectivity index (χ0) is 18.4. The lowest BCUT2D eigenvalue weighted by Crippen LogP contribution is -2.21. The van der Waals surface area contributed by atoms with Crippen LogP contribution in [0.25, 0.3) is 0 Å².